The Labute approximate surface area is 76.0 Å². The van der Waals surface area contributed by atoms with Crippen molar-refractivity contribution < 1.29 is 9.18 Å². The van der Waals surface area contributed by atoms with Crippen molar-refractivity contribution in [3.8, 4) is 0 Å². The minimum atomic E-state index is -0.232. The number of fused-ring (bicyclic) bond motifs is 1. The van der Waals surface area contributed by atoms with Gasteiger partial charge in [0.05, 0.1) is 0 Å². The van der Waals surface area contributed by atoms with Gasteiger partial charge in [-0.15, -0.1) is 0 Å². The quantitative estimate of drug-likeness (QED) is 0.594. The maximum Gasteiger partial charge on any atom is 0.223 e. The predicted molar refractivity (Wildman–Crippen MR) is 48.1 cm³/mol. The fraction of sp³-hybridized carbons (Fsp3) is 0.300. The number of benzene rings is 1. The Kier molecular flexibility index (Phi) is 1.79. The molecule has 0 bridgehead atoms. The minimum Gasteiger partial charge on any atom is -0.312 e. The Bertz CT molecular complexity index is 362. The number of anilines is 1. The normalized spacial score (nSPS) is 14.5. The smallest absolute Gasteiger partial charge is 0.223 e. The molecule has 1 aliphatic heterocycles. The van der Waals surface area contributed by atoms with E-state index >= 15 is 0 Å². The highest BCUT2D eigenvalue weighted by atomic mass is 19.1. The lowest BCUT2D eigenvalue weighted by Gasteiger charge is -2.13. The molecular weight excluding hydrogens is 169 g/mol. The van der Waals surface area contributed by atoms with Crippen molar-refractivity contribution in [1.82, 2.24) is 0 Å². The monoisotopic (exact) mass is 179 g/mol. The molecule has 1 heterocycles. The highest BCUT2D eigenvalue weighted by molar-refractivity contribution is 5.93. The van der Waals surface area contributed by atoms with Crippen LogP contribution in [-0.2, 0) is 11.2 Å². The zero-order valence-corrected chi connectivity index (χ0v) is 7.38. The van der Waals surface area contributed by atoms with Gasteiger partial charge in [-0.1, -0.05) is 0 Å². The Morgan fingerprint density at radius 1 is 1.54 bits per heavy atom. The van der Waals surface area contributed by atoms with Crippen LogP contribution in [0.2, 0.25) is 0 Å². The van der Waals surface area contributed by atoms with Gasteiger partial charge in [0.25, 0.3) is 0 Å². The summed E-state index contributed by atoms with van der Waals surface area (Å²) in [5, 5.41) is 0. The number of rotatable bonds is 0. The van der Waals surface area contributed by atoms with Gasteiger partial charge in [-0.2, -0.15) is 0 Å². The van der Waals surface area contributed by atoms with E-state index in [0.29, 0.717) is 6.54 Å². The van der Waals surface area contributed by atoms with Crippen LogP contribution in [0.25, 0.3) is 0 Å². The van der Waals surface area contributed by atoms with Crippen LogP contribution in [0, 0.1) is 5.82 Å². The number of amides is 1. The van der Waals surface area contributed by atoms with E-state index in [4.69, 9.17) is 0 Å². The van der Waals surface area contributed by atoms with Crippen LogP contribution in [0.4, 0.5) is 10.1 Å². The first-order valence-electron chi connectivity index (χ1n) is 4.25. The molecule has 0 saturated carbocycles. The molecule has 0 radical (unpaired) electrons. The molecule has 1 amide bonds. The highest BCUT2D eigenvalue weighted by Gasteiger charge is 2.21. The number of carbonyl (C=O) groups excluding carboxylic acids is 1. The lowest BCUT2D eigenvalue weighted by molar-refractivity contribution is -0.116. The predicted octanol–water partition coefficient (Wildman–Crippen LogP) is 1.73. The largest absolute Gasteiger partial charge is 0.312 e. The maximum absolute atomic E-state index is 12.8. The second-order valence-corrected chi connectivity index (χ2v) is 3.19. The third-order valence-electron chi connectivity index (χ3n) is 2.32. The molecule has 0 atom stereocenters. The first kappa shape index (κ1) is 8.23. The lowest BCUT2D eigenvalue weighted by Crippen LogP contribution is -2.25. The molecule has 1 aliphatic rings. The fourth-order valence-corrected chi connectivity index (χ4v) is 1.70. The van der Waals surface area contributed by atoms with Gasteiger partial charge < -0.3 is 4.90 Å². The second-order valence-electron chi connectivity index (χ2n) is 3.19. The maximum atomic E-state index is 12.8. The van der Waals surface area contributed by atoms with Gasteiger partial charge >= 0.3 is 0 Å². The summed E-state index contributed by atoms with van der Waals surface area (Å²) in [4.78, 5) is 12.8. The molecule has 68 valence electrons. The van der Waals surface area contributed by atoms with E-state index in [-0.39, 0.29) is 11.7 Å². The average molecular weight is 179 g/mol. The van der Waals surface area contributed by atoms with Gasteiger partial charge in [-0.3, -0.25) is 4.79 Å². The zero-order chi connectivity index (χ0) is 9.42. The standard InChI is InChI=1S/C10H10FNO/c1-7(13)12-5-4-8-6-9(11)2-3-10(8)12/h2-3,6H,4-5H2,1H3. The first-order chi connectivity index (χ1) is 6.18. The molecule has 0 saturated heterocycles. The number of nitrogens with zero attached hydrogens (tertiary/aromatic N) is 1. The van der Waals surface area contributed by atoms with Crippen LogP contribution in [-0.4, -0.2) is 12.5 Å². The van der Waals surface area contributed by atoms with Crippen molar-refractivity contribution in [1.29, 1.82) is 0 Å². The molecule has 0 N–H and O–H groups in total. The van der Waals surface area contributed by atoms with Gasteiger partial charge in [0, 0.05) is 19.2 Å². The molecule has 1 aromatic rings. The van der Waals surface area contributed by atoms with Crippen LogP contribution < -0.4 is 4.90 Å². The summed E-state index contributed by atoms with van der Waals surface area (Å²) in [6.07, 6.45) is 0.757. The third-order valence-corrected chi connectivity index (χ3v) is 2.32. The molecule has 0 aliphatic carbocycles. The topological polar surface area (TPSA) is 20.3 Å². The van der Waals surface area contributed by atoms with Gasteiger partial charge in [0.15, 0.2) is 0 Å². The Balaban J connectivity index is 2.44. The molecule has 2 nitrogen and oxygen atoms in total. The van der Waals surface area contributed by atoms with Crippen molar-refractivity contribution in [3.63, 3.8) is 0 Å². The van der Waals surface area contributed by atoms with Crippen LogP contribution in [0.3, 0.4) is 0 Å². The summed E-state index contributed by atoms with van der Waals surface area (Å²) < 4.78 is 12.8. The van der Waals surface area contributed by atoms with Crippen molar-refractivity contribution in [2.45, 2.75) is 13.3 Å². The van der Waals surface area contributed by atoms with E-state index in [1.54, 1.807) is 11.0 Å². The number of hydrogen-bond acceptors (Lipinski definition) is 1. The second kappa shape index (κ2) is 2.83. The van der Waals surface area contributed by atoms with Crippen LogP contribution in [0.15, 0.2) is 18.2 Å². The highest BCUT2D eigenvalue weighted by Crippen LogP contribution is 2.28. The van der Waals surface area contributed by atoms with Crippen LogP contribution >= 0.6 is 0 Å². The molecule has 0 spiro atoms. The summed E-state index contributed by atoms with van der Waals surface area (Å²) in [5.74, 6) is -0.213. The third kappa shape index (κ3) is 1.30. The van der Waals surface area contributed by atoms with E-state index in [1.807, 2.05) is 0 Å². The number of hydrogen-bond donors (Lipinski definition) is 0. The summed E-state index contributed by atoms with van der Waals surface area (Å²) in [6, 6.07) is 4.55. The summed E-state index contributed by atoms with van der Waals surface area (Å²) in [5.41, 5.74) is 1.78. The first-order valence-corrected chi connectivity index (χ1v) is 4.25. The molecule has 2 rings (SSSR count). The molecule has 0 unspecified atom stereocenters. The van der Waals surface area contributed by atoms with Crippen molar-refractivity contribution in [2.75, 3.05) is 11.4 Å². The van der Waals surface area contributed by atoms with E-state index < -0.39 is 0 Å². The van der Waals surface area contributed by atoms with Crippen molar-refractivity contribution in [3.05, 3.63) is 29.6 Å². The SMILES string of the molecule is CC(=O)N1CCc2cc(F)ccc21. The Hall–Kier alpha value is -1.38. The molecular formula is C10H10FNO. The summed E-state index contributed by atoms with van der Waals surface area (Å²) in [7, 11) is 0. The zero-order valence-electron chi connectivity index (χ0n) is 7.38. The Morgan fingerprint density at radius 3 is 3.00 bits per heavy atom. The Morgan fingerprint density at radius 2 is 2.31 bits per heavy atom. The van der Waals surface area contributed by atoms with Gasteiger partial charge in [0.1, 0.15) is 5.82 Å². The number of carbonyl (C=O) groups is 1. The van der Waals surface area contributed by atoms with E-state index in [9.17, 15) is 9.18 Å². The van der Waals surface area contributed by atoms with Crippen molar-refractivity contribution >= 4 is 11.6 Å². The number of halogens is 1. The van der Waals surface area contributed by atoms with Gasteiger partial charge in [-0.25, -0.2) is 4.39 Å². The average Bonchev–Trinajstić information content (AvgIpc) is 2.46. The molecule has 1 aromatic carbocycles. The molecule has 0 aromatic heterocycles. The van der Waals surface area contributed by atoms with Crippen molar-refractivity contribution in [2.24, 2.45) is 0 Å². The summed E-state index contributed by atoms with van der Waals surface area (Å²) >= 11 is 0. The van der Waals surface area contributed by atoms with Gasteiger partial charge in [-0.05, 0) is 30.2 Å². The molecule has 3 heteroatoms. The lowest BCUT2D eigenvalue weighted by atomic mass is 10.2. The minimum absolute atomic E-state index is 0.0189. The summed E-state index contributed by atoms with van der Waals surface area (Å²) in [6.45, 7) is 2.20. The molecule has 13 heavy (non-hydrogen) atoms. The van der Waals surface area contributed by atoms with E-state index in [1.165, 1.54) is 19.1 Å². The van der Waals surface area contributed by atoms with E-state index in [2.05, 4.69) is 0 Å². The van der Waals surface area contributed by atoms with Gasteiger partial charge in [0.2, 0.25) is 5.91 Å². The fourth-order valence-electron chi connectivity index (χ4n) is 1.70. The van der Waals surface area contributed by atoms with Crippen LogP contribution in [0.5, 0.6) is 0 Å². The van der Waals surface area contributed by atoms with Crippen LogP contribution in [0.1, 0.15) is 12.5 Å². The molecule has 0 fully saturated rings. The van der Waals surface area contributed by atoms with E-state index in [0.717, 1.165) is 17.7 Å².